The third-order valence-corrected chi connectivity index (χ3v) is 3.09. The van der Waals surface area contributed by atoms with Crippen molar-refractivity contribution in [2.24, 2.45) is 0 Å². The summed E-state index contributed by atoms with van der Waals surface area (Å²) in [5.74, 6) is -0.347. The summed E-state index contributed by atoms with van der Waals surface area (Å²) in [6.45, 7) is 4.87. The van der Waals surface area contributed by atoms with E-state index in [0.717, 1.165) is 5.56 Å². The Balaban J connectivity index is 2.44. The van der Waals surface area contributed by atoms with Gasteiger partial charge in [0.25, 0.3) is 0 Å². The van der Waals surface area contributed by atoms with Crippen LogP contribution >= 0.6 is 15.9 Å². The van der Waals surface area contributed by atoms with E-state index in [2.05, 4.69) is 20.9 Å². The van der Waals surface area contributed by atoms with Gasteiger partial charge in [-0.1, -0.05) is 15.9 Å². The van der Waals surface area contributed by atoms with Crippen molar-refractivity contribution in [2.75, 3.05) is 13.2 Å². The van der Waals surface area contributed by atoms with E-state index < -0.39 is 6.29 Å². The molecule has 102 valence electrons. The minimum absolute atomic E-state index is 0.346. The molecule has 1 aromatic heterocycles. The molecule has 0 atom stereocenters. The highest BCUT2D eigenvalue weighted by Gasteiger charge is 2.13. The number of halogens is 2. The largest absolute Gasteiger partial charge is 0.349 e. The first kappa shape index (κ1) is 14.4. The van der Waals surface area contributed by atoms with Crippen LogP contribution in [0.25, 0.3) is 10.9 Å². The SMILES string of the molecule is CCOC(OCC)c1cnc2c(F)cc(Br)cc2c1. The highest BCUT2D eigenvalue weighted by atomic mass is 79.9. The van der Waals surface area contributed by atoms with Crippen molar-refractivity contribution < 1.29 is 13.9 Å². The van der Waals surface area contributed by atoms with Crippen LogP contribution in [0.5, 0.6) is 0 Å². The van der Waals surface area contributed by atoms with Crippen LogP contribution < -0.4 is 0 Å². The third kappa shape index (κ3) is 3.29. The molecule has 0 spiro atoms. The second-order valence-corrected chi connectivity index (χ2v) is 4.89. The number of ether oxygens (including phenoxy) is 2. The normalized spacial score (nSPS) is 11.4. The van der Waals surface area contributed by atoms with E-state index in [1.165, 1.54) is 6.07 Å². The van der Waals surface area contributed by atoms with E-state index in [9.17, 15) is 4.39 Å². The number of pyridine rings is 1. The van der Waals surface area contributed by atoms with Crippen molar-refractivity contribution in [3.8, 4) is 0 Å². The second-order valence-electron chi connectivity index (χ2n) is 3.97. The molecule has 1 heterocycles. The summed E-state index contributed by atoms with van der Waals surface area (Å²) >= 11 is 3.28. The van der Waals surface area contributed by atoms with E-state index in [1.807, 2.05) is 26.0 Å². The second kappa shape index (κ2) is 6.41. The smallest absolute Gasteiger partial charge is 0.185 e. The first-order chi connectivity index (χ1) is 9.15. The Hall–Kier alpha value is -1.04. The van der Waals surface area contributed by atoms with Gasteiger partial charge in [0.2, 0.25) is 0 Å². The summed E-state index contributed by atoms with van der Waals surface area (Å²) in [6.07, 6.45) is 1.13. The zero-order chi connectivity index (χ0) is 13.8. The summed E-state index contributed by atoms with van der Waals surface area (Å²) in [7, 11) is 0. The van der Waals surface area contributed by atoms with E-state index in [4.69, 9.17) is 9.47 Å². The van der Waals surface area contributed by atoms with E-state index in [0.29, 0.717) is 28.6 Å². The summed E-state index contributed by atoms with van der Waals surface area (Å²) in [5, 5.41) is 0.716. The first-order valence-electron chi connectivity index (χ1n) is 6.13. The predicted molar refractivity (Wildman–Crippen MR) is 75.4 cm³/mol. The van der Waals surface area contributed by atoms with Gasteiger partial charge in [-0.15, -0.1) is 0 Å². The number of fused-ring (bicyclic) bond motifs is 1. The Morgan fingerprint density at radius 3 is 2.53 bits per heavy atom. The molecule has 19 heavy (non-hydrogen) atoms. The third-order valence-electron chi connectivity index (χ3n) is 2.63. The van der Waals surface area contributed by atoms with Gasteiger partial charge in [0.15, 0.2) is 12.1 Å². The van der Waals surface area contributed by atoms with Gasteiger partial charge in [-0.3, -0.25) is 4.98 Å². The van der Waals surface area contributed by atoms with Crippen LogP contribution in [0.4, 0.5) is 4.39 Å². The fourth-order valence-electron chi connectivity index (χ4n) is 1.86. The van der Waals surface area contributed by atoms with Crippen LogP contribution in [0, 0.1) is 5.82 Å². The summed E-state index contributed by atoms with van der Waals surface area (Å²) in [6, 6.07) is 5.06. The molecule has 0 unspecified atom stereocenters. The molecule has 0 aliphatic heterocycles. The van der Waals surface area contributed by atoms with Crippen LogP contribution in [-0.2, 0) is 9.47 Å². The summed E-state index contributed by atoms with van der Waals surface area (Å²) in [5.41, 5.74) is 1.13. The first-order valence-corrected chi connectivity index (χ1v) is 6.93. The average molecular weight is 328 g/mol. The van der Waals surface area contributed by atoms with E-state index in [1.54, 1.807) is 6.20 Å². The number of hydrogen-bond donors (Lipinski definition) is 0. The van der Waals surface area contributed by atoms with Crippen molar-refractivity contribution in [3.05, 3.63) is 40.2 Å². The zero-order valence-corrected chi connectivity index (χ0v) is 12.4. The Morgan fingerprint density at radius 1 is 1.21 bits per heavy atom. The lowest BCUT2D eigenvalue weighted by Gasteiger charge is -2.17. The molecule has 0 saturated heterocycles. The quantitative estimate of drug-likeness (QED) is 0.771. The number of benzene rings is 1. The molecule has 0 radical (unpaired) electrons. The zero-order valence-electron chi connectivity index (χ0n) is 10.8. The highest BCUT2D eigenvalue weighted by Crippen LogP contribution is 2.26. The van der Waals surface area contributed by atoms with Gasteiger partial charge in [-0.25, -0.2) is 4.39 Å². The van der Waals surface area contributed by atoms with Gasteiger partial charge in [0.05, 0.1) is 0 Å². The summed E-state index contributed by atoms with van der Waals surface area (Å²) < 4.78 is 25.4. The van der Waals surface area contributed by atoms with Crippen LogP contribution in [0.3, 0.4) is 0 Å². The van der Waals surface area contributed by atoms with Gasteiger partial charge in [-0.05, 0) is 32.0 Å². The molecule has 0 aliphatic rings. The monoisotopic (exact) mass is 327 g/mol. The van der Waals surface area contributed by atoms with Crippen molar-refractivity contribution in [2.45, 2.75) is 20.1 Å². The molecule has 5 heteroatoms. The predicted octanol–water partition coefficient (Wildman–Crippen LogP) is 4.21. The van der Waals surface area contributed by atoms with Gasteiger partial charge in [-0.2, -0.15) is 0 Å². The topological polar surface area (TPSA) is 31.4 Å². The maximum Gasteiger partial charge on any atom is 0.185 e. The van der Waals surface area contributed by atoms with Gasteiger partial charge >= 0.3 is 0 Å². The lowest BCUT2D eigenvalue weighted by Crippen LogP contribution is -2.09. The molecule has 0 bridgehead atoms. The van der Waals surface area contributed by atoms with Gasteiger partial charge in [0.1, 0.15) is 5.52 Å². The minimum atomic E-state index is -0.464. The fourth-order valence-corrected chi connectivity index (χ4v) is 2.31. The molecule has 0 aliphatic carbocycles. The molecular formula is C14H15BrFNO2. The minimum Gasteiger partial charge on any atom is -0.349 e. The van der Waals surface area contributed by atoms with Crippen molar-refractivity contribution in [3.63, 3.8) is 0 Å². The van der Waals surface area contributed by atoms with Gasteiger partial charge < -0.3 is 9.47 Å². The lowest BCUT2D eigenvalue weighted by molar-refractivity contribution is -0.140. The number of hydrogen-bond acceptors (Lipinski definition) is 3. The molecular weight excluding hydrogens is 313 g/mol. The number of aromatic nitrogens is 1. The summed E-state index contributed by atoms with van der Waals surface area (Å²) in [4.78, 5) is 4.15. The van der Waals surface area contributed by atoms with Crippen molar-refractivity contribution in [1.82, 2.24) is 4.98 Å². The highest BCUT2D eigenvalue weighted by molar-refractivity contribution is 9.10. The van der Waals surface area contributed by atoms with Crippen molar-refractivity contribution in [1.29, 1.82) is 0 Å². The Bertz CT molecular complexity index is 571. The fraction of sp³-hybridized carbons (Fsp3) is 0.357. The number of nitrogens with zero attached hydrogens (tertiary/aromatic N) is 1. The maximum atomic E-state index is 13.7. The number of rotatable bonds is 5. The van der Waals surface area contributed by atoms with Crippen LogP contribution in [0.1, 0.15) is 25.7 Å². The Morgan fingerprint density at radius 2 is 1.89 bits per heavy atom. The van der Waals surface area contributed by atoms with E-state index in [-0.39, 0.29) is 5.82 Å². The molecule has 3 nitrogen and oxygen atoms in total. The van der Waals surface area contributed by atoms with Crippen LogP contribution in [0.15, 0.2) is 28.9 Å². The molecule has 2 rings (SSSR count). The lowest BCUT2D eigenvalue weighted by atomic mass is 10.1. The van der Waals surface area contributed by atoms with E-state index >= 15 is 0 Å². The molecule has 0 saturated carbocycles. The molecule has 1 aromatic carbocycles. The average Bonchev–Trinajstić information content (AvgIpc) is 2.37. The Kier molecular flexibility index (Phi) is 4.85. The molecule has 0 N–H and O–H groups in total. The van der Waals surface area contributed by atoms with Crippen molar-refractivity contribution >= 4 is 26.8 Å². The molecule has 2 aromatic rings. The Labute approximate surface area is 119 Å². The van der Waals surface area contributed by atoms with Crippen LogP contribution in [0.2, 0.25) is 0 Å². The molecule has 0 fully saturated rings. The van der Waals surface area contributed by atoms with Gasteiger partial charge in [0, 0.05) is 34.8 Å². The standard InChI is InChI=1S/C14H15BrFNO2/c1-3-18-14(19-4-2)10-5-9-6-11(15)7-12(16)13(9)17-8-10/h5-8,14H,3-4H2,1-2H3. The molecule has 0 amide bonds. The maximum absolute atomic E-state index is 13.7. The van der Waals surface area contributed by atoms with Crippen LogP contribution in [-0.4, -0.2) is 18.2 Å².